The van der Waals surface area contributed by atoms with Gasteiger partial charge in [0.15, 0.2) is 35.5 Å². The molecule has 2 amide bonds. The molecule has 0 bridgehead atoms. The Morgan fingerprint density at radius 3 is 1.26 bits per heavy atom. The predicted molar refractivity (Wildman–Crippen MR) is 279 cm³/mol. The molecule has 3 saturated heterocycles. The summed E-state index contributed by atoms with van der Waals surface area (Å²) < 4.78 is 132. The van der Waals surface area contributed by atoms with Crippen LogP contribution in [0, 0.1) is 0 Å². The average Bonchev–Trinajstić information content (AvgIpc) is 4.40. The summed E-state index contributed by atoms with van der Waals surface area (Å²) in [5.74, 6) is -1.56. The van der Waals surface area contributed by atoms with E-state index in [9.17, 15) is 58.0 Å². The molecule has 2 saturated carbocycles. The van der Waals surface area contributed by atoms with Gasteiger partial charge in [-0.2, -0.15) is 26.3 Å². The van der Waals surface area contributed by atoms with Gasteiger partial charge >= 0.3 is 12.4 Å². The van der Waals surface area contributed by atoms with Crippen molar-refractivity contribution in [2.75, 3.05) is 32.8 Å². The summed E-state index contributed by atoms with van der Waals surface area (Å²) in [5, 5.41) is 9.33. The number of hydroxylamine groups is 2. The summed E-state index contributed by atoms with van der Waals surface area (Å²) in [6.45, 7) is 2.53. The molecular formula is C55H67ClF6N4O9S2. The first-order chi connectivity index (χ1) is 36.1. The SMILES string of the molecule is Cl.O=C(NO)C1(S(=O)(=O)c2ccc(-c3ccc(CCCC(F)(F)F)cc3)cc2)CCN(C2CC2)CC1.O=C(NOC1CCCCO1)C1(S(=O)(=O)c2ccc(-c3ccc(CCCC(F)(F)F)cc3)cc2)CCN(C2CC2)CC1. The van der Waals surface area contributed by atoms with Crippen molar-refractivity contribution in [2.24, 2.45) is 0 Å². The van der Waals surface area contributed by atoms with Gasteiger partial charge in [-0.15, -0.1) is 12.4 Å². The number of amides is 2. The van der Waals surface area contributed by atoms with Crippen LogP contribution in [0.25, 0.3) is 22.3 Å². The van der Waals surface area contributed by atoms with Crippen LogP contribution < -0.4 is 11.0 Å². The Balaban J connectivity index is 0.000000224. The number of hydrogen-bond acceptors (Lipinski definition) is 11. The normalized spacial score (nSPS) is 20.2. The van der Waals surface area contributed by atoms with Gasteiger partial charge in [0.05, 0.1) is 9.79 Å². The van der Waals surface area contributed by atoms with Crippen molar-refractivity contribution in [3.63, 3.8) is 0 Å². The van der Waals surface area contributed by atoms with Crippen molar-refractivity contribution in [3.05, 3.63) is 108 Å². The Hall–Kier alpha value is -4.61. The molecule has 422 valence electrons. The van der Waals surface area contributed by atoms with E-state index >= 15 is 0 Å². The zero-order valence-electron chi connectivity index (χ0n) is 42.6. The monoisotopic (exact) mass is 1140 g/mol. The minimum atomic E-state index is -4.16. The van der Waals surface area contributed by atoms with E-state index in [1.165, 1.54) is 24.3 Å². The van der Waals surface area contributed by atoms with E-state index in [0.717, 1.165) is 71.9 Å². The number of piperidine rings is 2. The van der Waals surface area contributed by atoms with Crippen LogP contribution in [0.5, 0.6) is 0 Å². The highest BCUT2D eigenvalue weighted by atomic mass is 35.5. The molecule has 1 unspecified atom stereocenters. The number of nitrogens with zero attached hydrogens (tertiary/aromatic N) is 2. The quantitative estimate of drug-likeness (QED) is 0.0492. The van der Waals surface area contributed by atoms with Gasteiger partial charge in [-0.3, -0.25) is 14.8 Å². The lowest BCUT2D eigenvalue weighted by molar-refractivity contribution is -0.202. The molecule has 0 spiro atoms. The fraction of sp³-hybridized carbons (Fsp3) is 0.527. The second kappa shape index (κ2) is 25.2. The number of aryl methyl sites for hydroxylation is 2. The van der Waals surface area contributed by atoms with E-state index in [4.69, 9.17) is 9.57 Å². The number of rotatable bonds is 18. The Morgan fingerprint density at radius 1 is 0.571 bits per heavy atom. The number of sulfone groups is 2. The lowest BCUT2D eigenvalue weighted by atomic mass is 9.94. The van der Waals surface area contributed by atoms with Gasteiger partial charge in [0.1, 0.15) is 0 Å². The number of halogens is 7. The summed E-state index contributed by atoms with van der Waals surface area (Å²) in [4.78, 5) is 36.3. The van der Waals surface area contributed by atoms with Gasteiger partial charge in [0.2, 0.25) is 0 Å². The second-order valence-corrected chi connectivity index (χ2v) is 25.2. The van der Waals surface area contributed by atoms with Crippen LogP contribution in [-0.2, 0) is 51.7 Å². The first-order valence-corrected chi connectivity index (χ1v) is 29.1. The van der Waals surface area contributed by atoms with Crippen LogP contribution in [0.15, 0.2) is 107 Å². The number of benzene rings is 4. The van der Waals surface area contributed by atoms with E-state index in [-0.39, 0.29) is 60.7 Å². The fourth-order valence-corrected chi connectivity index (χ4v) is 14.5. The first-order valence-electron chi connectivity index (χ1n) is 26.1. The van der Waals surface area contributed by atoms with Crippen LogP contribution in [-0.4, -0.2) is 117 Å². The molecule has 13 nitrogen and oxygen atoms in total. The molecule has 9 rings (SSSR count). The third-order valence-corrected chi connectivity index (χ3v) is 20.5. The van der Waals surface area contributed by atoms with Gasteiger partial charge in [0, 0.05) is 64.1 Å². The van der Waals surface area contributed by atoms with E-state index in [1.807, 2.05) is 12.1 Å². The van der Waals surface area contributed by atoms with E-state index < -0.39 is 72.5 Å². The van der Waals surface area contributed by atoms with Crippen LogP contribution in [0.4, 0.5) is 26.3 Å². The number of likely N-dealkylation sites (tertiary alicyclic amines) is 2. The molecule has 0 aromatic heterocycles. The summed E-state index contributed by atoms with van der Waals surface area (Å²) in [5.41, 5.74) is 8.76. The summed E-state index contributed by atoms with van der Waals surface area (Å²) in [7, 11) is -8.17. The van der Waals surface area contributed by atoms with Crippen LogP contribution in [0.1, 0.15) is 107 Å². The van der Waals surface area contributed by atoms with Crippen LogP contribution in [0.2, 0.25) is 0 Å². The third-order valence-electron chi connectivity index (χ3n) is 15.5. The van der Waals surface area contributed by atoms with Gasteiger partial charge in [-0.25, -0.2) is 32.6 Å². The Morgan fingerprint density at radius 2 is 0.935 bits per heavy atom. The van der Waals surface area contributed by atoms with Crippen molar-refractivity contribution in [3.8, 4) is 22.3 Å². The number of carbonyl (C=O) groups excluding carboxylic acids is 2. The third kappa shape index (κ3) is 14.8. The number of alkyl halides is 6. The zero-order valence-corrected chi connectivity index (χ0v) is 45.1. The van der Waals surface area contributed by atoms with Crippen molar-refractivity contribution in [2.45, 2.75) is 159 Å². The zero-order chi connectivity index (χ0) is 54.4. The molecule has 22 heteroatoms. The molecular weight excluding hydrogens is 1070 g/mol. The van der Waals surface area contributed by atoms with Gasteiger partial charge in [-0.1, -0.05) is 72.8 Å². The Labute approximate surface area is 452 Å². The number of nitrogens with one attached hydrogen (secondary N) is 2. The fourth-order valence-electron chi connectivity index (χ4n) is 10.6. The Kier molecular flexibility index (Phi) is 19.7. The molecule has 4 aromatic carbocycles. The van der Waals surface area contributed by atoms with E-state index in [2.05, 4.69) is 15.3 Å². The predicted octanol–water partition coefficient (Wildman–Crippen LogP) is 10.5. The van der Waals surface area contributed by atoms with Crippen molar-refractivity contribution in [1.82, 2.24) is 20.8 Å². The molecule has 5 aliphatic rings. The maximum atomic E-state index is 14.1. The molecule has 2 aliphatic carbocycles. The average molecular weight is 1140 g/mol. The number of carbonyl (C=O) groups is 2. The highest BCUT2D eigenvalue weighted by Gasteiger charge is 2.55. The molecule has 5 fully saturated rings. The van der Waals surface area contributed by atoms with Crippen LogP contribution in [0.3, 0.4) is 0 Å². The molecule has 3 aliphatic heterocycles. The molecule has 0 radical (unpaired) electrons. The second-order valence-electron chi connectivity index (χ2n) is 20.7. The molecule has 77 heavy (non-hydrogen) atoms. The van der Waals surface area contributed by atoms with Gasteiger partial charge in [0.25, 0.3) is 11.8 Å². The number of hydrogen-bond donors (Lipinski definition) is 3. The molecule has 3 heterocycles. The Bertz CT molecular complexity index is 2810. The lowest BCUT2D eigenvalue weighted by Gasteiger charge is -2.40. The van der Waals surface area contributed by atoms with Crippen molar-refractivity contribution >= 4 is 43.9 Å². The van der Waals surface area contributed by atoms with E-state index in [0.29, 0.717) is 64.1 Å². The van der Waals surface area contributed by atoms with Crippen molar-refractivity contribution < 1.29 is 67.5 Å². The standard InChI is InChI=1S/C30H37F3N2O5S.C25H29F3N2O4S.ClH/c31-30(32,33)16-3-4-22-6-8-23(9-7-22)24-10-14-26(15-11-24)41(37,38)29(17-19-35(20-18-29)25-12-13-25)28(36)34-40-27-5-1-2-21-39-27;26-25(27,28)13-1-2-18-3-5-19(6-4-18)20-7-11-22(12-8-20)35(33,34)24(23(31)29-32)14-16-30(17-15-24)21-9-10-21;/h6-11,14-15,25,27H,1-5,12-13,16-21H2,(H,34,36);3-8,11-12,21,32H,1-2,9-10,13-17H2,(H,29,31);1H. The smallest absolute Gasteiger partial charge is 0.350 e. The summed E-state index contributed by atoms with van der Waals surface area (Å²) in [6.07, 6.45) is -2.45. The first kappa shape index (κ1) is 60.0. The van der Waals surface area contributed by atoms with Gasteiger partial charge < -0.3 is 14.5 Å². The highest BCUT2D eigenvalue weighted by Crippen LogP contribution is 2.42. The van der Waals surface area contributed by atoms with E-state index in [1.54, 1.807) is 66.1 Å². The number of ether oxygens (including phenoxy) is 1. The largest absolute Gasteiger partial charge is 0.389 e. The maximum absolute atomic E-state index is 14.1. The molecule has 3 N–H and O–H groups in total. The maximum Gasteiger partial charge on any atom is 0.389 e. The molecule has 1 atom stereocenters. The van der Waals surface area contributed by atoms with Gasteiger partial charge in [-0.05, 0) is 148 Å². The van der Waals surface area contributed by atoms with Crippen molar-refractivity contribution in [1.29, 1.82) is 0 Å². The molecule has 4 aromatic rings. The highest BCUT2D eigenvalue weighted by molar-refractivity contribution is 7.94. The lowest BCUT2D eigenvalue weighted by Crippen LogP contribution is -2.58. The topological polar surface area (TPSA) is 172 Å². The minimum absolute atomic E-state index is 0. The van der Waals surface area contributed by atoms with Crippen LogP contribution >= 0.6 is 12.4 Å². The summed E-state index contributed by atoms with van der Waals surface area (Å²) in [6, 6.07) is 27.9. The minimum Gasteiger partial charge on any atom is -0.350 e. The summed E-state index contributed by atoms with van der Waals surface area (Å²) >= 11 is 0.